The van der Waals surface area contributed by atoms with E-state index in [-0.39, 0.29) is 11.9 Å². The number of pyridine rings is 1. The molecule has 6 nitrogen and oxygen atoms in total. The Hall–Kier alpha value is -2.41. The Bertz CT molecular complexity index is 715. The molecular weight excluding hydrogens is 348 g/mol. The van der Waals surface area contributed by atoms with Gasteiger partial charge in [-0.25, -0.2) is 4.79 Å². The van der Waals surface area contributed by atoms with E-state index in [9.17, 15) is 9.59 Å². The van der Waals surface area contributed by atoms with Gasteiger partial charge < -0.3 is 15.1 Å². The van der Waals surface area contributed by atoms with Gasteiger partial charge >= 0.3 is 6.03 Å². The van der Waals surface area contributed by atoms with Crippen LogP contribution in [0.4, 0.5) is 4.79 Å². The summed E-state index contributed by atoms with van der Waals surface area (Å²) in [5.41, 5.74) is 1.03. The van der Waals surface area contributed by atoms with E-state index in [4.69, 9.17) is 0 Å². The molecule has 0 bridgehead atoms. The minimum absolute atomic E-state index is 0.0713. The molecule has 0 aromatic carbocycles. The molecule has 0 atom stereocenters. The number of hydrogen-bond acceptors (Lipinski definition) is 4. The molecule has 2 aromatic rings. The predicted molar refractivity (Wildman–Crippen MR) is 104 cm³/mol. The number of rotatable bonds is 8. The van der Waals surface area contributed by atoms with Gasteiger partial charge in [0.1, 0.15) is 0 Å². The first kappa shape index (κ1) is 19.9. The van der Waals surface area contributed by atoms with Crippen molar-refractivity contribution in [1.29, 1.82) is 0 Å². The van der Waals surface area contributed by atoms with Crippen molar-refractivity contribution < 1.29 is 9.59 Å². The molecule has 2 rings (SSSR count). The summed E-state index contributed by atoms with van der Waals surface area (Å²) < 4.78 is 0. The summed E-state index contributed by atoms with van der Waals surface area (Å²) in [6.45, 7) is 3.61. The maximum Gasteiger partial charge on any atom is 0.318 e. The molecule has 140 valence electrons. The highest BCUT2D eigenvalue weighted by Gasteiger charge is 2.15. The van der Waals surface area contributed by atoms with Crippen molar-refractivity contribution in [2.24, 2.45) is 0 Å². The molecule has 0 saturated heterocycles. The smallest absolute Gasteiger partial charge is 0.318 e. The standard InChI is InChI=1S/C19H26N4O2S/c1-15-6-7-17(26-15)14-23(13-16-8-11-20-12-9-16)19(25)21-10-4-5-18(24)22(2)3/h6-9,11-12H,4-5,10,13-14H2,1-3H3,(H,21,25). The highest BCUT2D eigenvalue weighted by Crippen LogP contribution is 2.18. The molecule has 0 spiro atoms. The van der Waals surface area contributed by atoms with Crippen LogP contribution in [0.1, 0.15) is 28.2 Å². The number of carbonyl (C=O) groups is 2. The van der Waals surface area contributed by atoms with Crippen LogP contribution in [0.25, 0.3) is 0 Å². The average molecular weight is 375 g/mol. The quantitative estimate of drug-likeness (QED) is 0.722. The van der Waals surface area contributed by atoms with E-state index in [0.717, 1.165) is 10.4 Å². The molecule has 0 aliphatic carbocycles. The molecule has 0 fully saturated rings. The van der Waals surface area contributed by atoms with Gasteiger partial charge in [-0.05, 0) is 43.2 Å². The molecule has 7 heteroatoms. The molecule has 0 aliphatic rings. The lowest BCUT2D eigenvalue weighted by atomic mass is 10.2. The molecule has 26 heavy (non-hydrogen) atoms. The van der Waals surface area contributed by atoms with Crippen LogP contribution in [-0.2, 0) is 17.9 Å². The Morgan fingerprint density at radius 2 is 1.85 bits per heavy atom. The van der Waals surface area contributed by atoms with Crippen LogP contribution in [0.2, 0.25) is 0 Å². The van der Waals surface area contributed by atoms with E-state index >= 15 is 0 Å². The number of aromatic nitrogens is 1. The van der Waals surface area contributed by atoms with E-state index in [1.165, 1.54) is 4.88 Å². The number of nitrogens with one attached hydrogen (secondary N) is 1. The summed E-state index contributed by atoms with van der Waals surface area (Å²) in [7, 11) is 3.47. The van der Waals surface area contributed by atoms with Crippen LogP contribution in [0.3, 0.4) is 0 Å². The third kappa shape index (κ3) is 6.48. The Morgan fingerprint density at radius 3 is 2.46 bits per heavy atom. The fourth-order valence-corrected chi connectivity index (χ4v) is 3.34. The van der Waals surface area contributed by atoms with Crippen molar-refractivity contribution in [2.45, 2.75) is 32.9 Å². The summed E-state index contributed by atoms with van der Waals surface area (Å²) in [5.74, 6) is 0.0713. The van der Waals surface area contributed by atoms with Gasteiger partial charge in [0.15, 0.2) is 0 Å². The van der Waals surface area contributed by atoms with Gasteiger partial charge in [0.05, 0.1) is 6.54 Å². The molecule has 2 heterocycles. The average Bonchev–Trinajstić information content (AvgIpc) is 3.03. The van der Waals surface area contributed by atoms with Gasteiger partial charge in [-0.3, -0.25) is 9.78 Å². The minimum atomic E-state index is -0.120. The summed E-state index contributed by atoms with van der Waals surface area (Å²) in [6.07, 6.45) is 4.52. The number of hydrogen-bond donors (Lipinski definition) is 1. The predicted octanol–water partition coefficient (Wildman–Crippen LogP) is 3.03. The second kappa shape index (κ2) is 9.91. The van der Waals surface area contributed by atoms with Crippen molar-refractivity contribution >= 4 is 23.3 Å². The maximum absolute atomic E-state index is 12.6. The third-order valence-corrected chi connectivity index (χ3v) is 4.88. The second-order valence-electron chi connectivity index (χ2n) is 6.35. The largest absolute Gasteiger partial charge is 0.349 e. The first-order chi connectivity index (χ1) is 12.5. The highest BCUT2D eigenvalue weighted by molar-refractivity contribution is 7.11. The first-order valence-electron chi connectivity index (χ1n) is 8.63. The Kier molecular flexibility index (Phi) is 7.59. The monoisotopic (exact) mass is 374 g/mol. The SMILES string of the molecule is Cc1ccc(CN(Cc2ccncc2)C(=O)NCCCC(=O)N(C)C)s1. The molecule has 0 aliphatic heterocycles. The number of aryl methyl sites for hydroxylation is 1. The number of amides is 3. The molecule has 2 aromatic heterocycles. The van der Waals surface area contributed by atoms with Gasteiger partial charge in [0, 0.05) is 55.8 Å². The lowest BCUT2D eigenvalue weighted by molar-refractivity contribution is -0.128. The van der Waals surface area contributed by atoms with Crippen molar-refractivity contribution in [3.63, 3.8) is 0 Å². The van der Waals surface area contributed by atoms with Crippen LogP contribution >= 0.6 is 11.3 Å². The summed E-state index contributed by atoms with van der Waals surface area (Å²) in [4.78, 5) is 34.0. The van der Waals surface area contributed by atoms with Gasteiger partial charge in [-0.2, -0.15) is 0 Å². The molecular formula is C19H26N4O2S. The Balaban J connectivity index is 1.93. The lowest BCUT2D eigenvalue weighted by Crippen LogP contribution is -2.39. The first-order valence-corrected chi connectivity index (χ1v) is 9.44. The van der Waals surface area contributed by atoms with Gasteiger partial charge in [0.25, 0.3) is 0 Å². The number of nitrogens with zero attached hydrogens (tertiary/aromatic N) is 3. The maximum atomic E-state index is 12.6. The molecule has 3 amide bonds. The number of carbonyl (C=O) groups excluding carboxylic acids is 2. The Morgan fingerprint density at radius 1 is 1.12 bits per heavy atom. The van der Waals surface area contributed by atoms with E-state index in [2.05, 4.69) is 29.4 Å². The molecule has 0 saturated carbocycles. The zero-order valence-electron chi connectivity index (χ0n) is 15.6. The van der Waals surface area contributed by atoms with Gasteiger partial charge in [0.2, 0.25) is 5.91 Å². The summed E-state index contributed by atoms with van der Waals surface area (Å²) >= 11 is 1.70. The van der Waals surface area contributed by atoms with Gasteiger partial charge in [-0.1, -0.05) is 0 Å². The van der Waals surface area contributed by atoms with Crippen molar-refractivity contribution in [3.05, 3.63) is 52.0 Å². The zero-order valence-corrected chi connectivity index (χ0v) is 16.4. The normalized spacial score (nSPS) is 10.4. The van der Waals surface area contributed by atoms with E-state index < -0.39 is 0 Å². The van der Waals surface area contributed by atoms with E-state index in [0.29, 0.717) is 32.5 Å². The lowest BCUT2D eigenvalue weighted by Gasteiger charge is -2.23. The number of thiophene rings is 1. The van der Waals surface area contributed by atoms with Crippen molar-refractivity contribution in [1.82, 2.24) is 20.1 Å². The summed E-state index contributed by atoms with van der Waals surface area (Å²) in [6, 6.07) is 7.83. The van der Waals surface area contributed by atoms with Crippen LogP contribution in [0, 0.1) is 6.92 Å². The van der Waals surface area contributed by atoms with Crippen molar-refractivity contribution in [3.8, 4) is 0 Å². The Labute approximate surface area is 158 Å². The highest BCUT2D eigenvalue weighted by atomic mass is 32.1. The van der Waals surface area contributed by atoms with Crippen LogP contribution < -0.4 is 5.32 Å². The zero-order chi connectivity index (χ0) is 18.9. The minimum Gasteiger partial charge on any atom is -0.349 e. The van der Waals surface area contributed by atoms with Crippen LogP contribution in [0.5, 0.6) is 0 Å². The van der Waals surface area contributed by atoms with E-state index in [1.54, 1.807) is 47.6 Å². The fraction of sp³-hybridized carbons (Fsp3) is 0.421. The summed E-state index contributed by atoms with van der Waals surface area (Å²) in [5, 5.41) is 2.93. The van der Waals surface area contributed by atoms with Gasteiger partial charge in [-0.15, -0.1) is 11.3 Å². The van der Waals surface area contributed by atoms with Crippen molar-refractivity contribution in [2.75, 3.05) is 20.6 Å². The van der Waals surface area contributed by atoms with Crippen LogP contribution in [-0.4, -0.2) is 47.4 Å². The molecule has 0 unspecified atom stereocenters. The second-order valence-corrected chi connectivity index (χ2v) is 7.72. The van der Waals surface area contributed by atoms with Crippen LogP contribution in [0.15, 0.2) is 36.7 Å². The topological polar surface area (TPSA) is 65.5 Å². The molecule has 0 radical (unpaired) electrons. The molecule has 1 N–H and O–H groups in total. The van der Waals surface area contributed by atoms with E-state index in [1.807, 2.05) is 12.1 Å². The number of urea groups is 1. The third-order valence-electron chi connectivity index (χ3n) is 3.90. The fourth-order valence-electron chi connectivity index (χ4n) is 2.44.